The molecule has 1 aliphatic heterocycles. The molecule has 0 fully saturated rings. The monoisotopic (exact) mass is 582 g/mol. The van der Waals surface area contributed by atoms with Gasteiger partial charge in [-0.15, -0.1) is 0 Å². The number of non-ortho nitro benzene ring substituents is 1. The van der Waals surface area contributed by atoms with Crippen molar-refractivity contribution in [2.75, 3.05) is 0 Å². The van der Waals surface area contributed by atoms with Crippen molar-refractivity contribution in [3.8, 4) is 22.7 Å². The number of rotatable bonds is 5. The van der Waals surface area contributed by atoms with E-state index in [1.807, 2.05) is 79.9 Å². The Balaban J connectivity index is 1.42. The lowest BCUT2D eigenvalue weighted by Crippen LogP contribution is -2.18. The van der Waals surface area contributed by atoms with Crippen LogP contribution in [0.15, 0.2) is 117 Å². The van der Waals surface area contributed by atoms with Crippen LogP contribution >= 0.6 is 0 Å². The molecular formula is C35H26N4O5. The fourth-order valence-electron chi connectivity index (χ4n) is 5.90. The Morgan fingerprint density at radius 3 is 2.45 bits per heavy atom. The summed E-state index contributed by atoms with van der Waals surface area (Å²) in [5.74, 6) is -0.375. The van der Waals surface area contributed by atoms with E-state index in [4.69, 9.17) is 14.5 Å². The van der Waals surface area contributed by atoms with Crippen molar-refractivity contribution in [2.45, 2.75) is 25.7 Å². The van der Waals surface area contributed by atoms with Gasteiger partial charge in [0.05, 0.1) is 33.1 Å². The van der Waals surface area contributed by atoms with Gasteiger partial charge in [0.25, 0.3) is 5.69 Å². The molecule has 1 N–H and O–H groups in total. The predicted molar refractivity (Wildman–Crippen MR) is 168 cm³/mol. The first-order chi connectivity index (χ1) is 21.4. The van der Waals surface area contributed by atoms with Gasteiger partial charge in [-0.1, -0.05) is 48.5 Å². The second-order valence-electron chi connectivity index (χ2n) is 10.9. The van der Waals surface area contributed by atoms with Gasteiger partial charge in [-0.25, -0.2) is 9.48 Å². The molecule has 9 nitrogen and oxygen atoms in total. The van der Waals surface area contributed by atoms with E-state index in [2.05, 4.69) is 0 Å². The number of fused-ring (bicyclic) bond motifs is 2. The van der Waals surface area contributed by atoms with Gasteiger partial charge in [-0.05, 0) is 73.2 Å². The fourth-order valence-corrected chi connectivity index (χ4v) is 5.90. The zero-order valence-electron chi connectivity index (χ0n) is 23.7. The lowest BCUT2D eigenvalue weighted by atomic mass is 9.86. The van der Waals surface area contributed by atoms with Gasteiger partial charge in [-0.2, -0.15) is 5.10 Å². The normalized spacial score (nSPS) is 14.6. The van der Waals surface area contributed by atoms with Gasteiger partial charge in [0.15, 0.2) is 0 Å². The third kappa shape index (κ3) is 4.74. The summed E-state index contributed by atoms with van der Waals surface area (Å²) >= 11 is 0. The summed E-state index contributed by atoms with van der Waals surface area (Å²) < 4.78 is 7.54. The number of nitrogens with zero attached hydrogens (tertiary/aromatic N) is 4. The smallest absolute Gasteiger partial charge is 0.349 e. The topological polar surface area (TPSA) is 124 Å². The van der Waals surface area contributed by atoms with Crippen LogP contribution in [0.5, 0.6) is 5.75 Å². The molecule has 0 amide bonds. The summed E-state index contributed by atoms with van der Waals surface area (Å²) in [5, 5.41) is 28.2. The number of aromatic nitrogens is 2. The van der Waals surface area contributed by atoms with Crippen molar-refractivity contribution in [2.24, 2.45) is 4.99 Å². The van der Waals surface area contributed by atoms with Gasteiger partial charge in [0, 0.05) is 29.5 Å². The van der Waals surface area contributed by atoms with Crippen molar-refractivity contribution in [1.82, 2.24) is 9.78 Å². The average Bonchev–Trinajstić information content (AvgIpc) is 3.39. The SMILES string of the molecule is Cc1cccc2c(O)c(C3=Nc4ccccc4CC(c4cn(-c5ccccc5)nc4-c4ccc([N+](=O)[O-])cc4)C3)c(=O)oc12. The molecule has 1 atom stereocenters. The van der Waals surface area contributed by atoms with Crippen molar-refractivity contribution in [3.63, 3.8) is 0 Å². The highest BCUT2D eigenvalue weighted by molar-refractivity contribution is 6.08. The molecule has 216 valence electrons. The molecule has 0 bridgehead atoms. The van der Waals surface area contributed by atoms with Crippen molar-refractivity contribution < 1.29 is 14.4 Å². The van der Waals surface area contributed by atoms with Gasteiger partial charge in [0.1, 0.15) is 16.9 Å². The molecule has 44 heavy (non-hydrogen) atoms. The van der Waals surface area contributed by atoms with Gasteiger partial charge < -0.3 is 9.52 Å². The Morgan fingerprint density at radius 1 is 0.932 bits per heavy atom. The summed E-state index contributed by atoms with van der Waals surface area (Å²) in [6.07, 6.45) is 2.86. The molecule has 2 aromatic heterocycles. The van der Waals surface area contributed by atoms with Gasteiger partial charge in [0.2, 0.25) is 0 Å². The molecule has 9 heteroatoms. The van der Waals surface area contributed by atoms with Gasteiger partial charge >= 0.3 is 5.63 Å². The van der Waals surface area contributed by atoms with Gasteiger partial charge in [-0.3, -0.25) is 15.1 Å². The lowest BCUT2D eigenvalue weighted by molar-refractivity contribution is -0.384. The number of aryl methyl sites for hydroxylation is 1. The van der Waals surface area contributed by atoms with Crippen LogP contribution in [0.4, 0.5) is 11.4 Å². The highest BCUT2D eigenvalue weighted by atomic mass is 16.6. The summed E-state index contributed by atoms with van der Waals surface area (Å²) in [4.78, 5) is 29.3. The summed E-state index contributed by atoms with van der Waals surface area (Å²) in [5.41, 5.74) is 5.69. The lowest BCUT2D eigenvalue weighted by Gasteiger charge is -2.17. The largest absolute Gasteiger partial charge is 0.506 e. The Kier molecular flexibility index (Phi) is 6.62. The number of hydrogen-bond donors (Lipinski definition) is 1. The van der Waals surface area contributed by atoms with Crippen LogP contribution in [-0.2, 0) is 6.42 Å². The van der Waals surface area contributed by atoms with E-state index < -0.39 is 10.5 Å². The van der Waals surface area contributed by atoms with Crippen molar-refractivity contribution in [3.05, 3.63) is 146 Å². The number of aromatic hydroxyl groups is 1. The third-order valence-corrected chi connectivity index (χ3v) is 8.10. The van der Waals surface area contributed by atoms with E-state index in [1.54, 1.807) is 22.9 Å². The standard InChI is InChI=1S/C35H26N4O5/c1-21-8-7-12-27-33(40)31(35(41)44-34(21)27)30-19-24(18-23-9-5-6-13-29(23)36-30)28-20-38(25-10-3-2-4-11-25)37-32(28)22-14-16-26(17-15-22)39(42)43/h2-17,20,24,40H,18-19H2,1H3. The Hall–Kier alpha value is -5.83. The predicted octanol–water partition coefficient (Wildman–Crippen LogP) is 7.42. The summed E-state index contributed by atoms with van der Waals surface area (Å²) in [6, 6.07) is 29.1. The molecule has 1 unspecified atom stereocenters. The quantitative estimate of drug-likeness (QED) is 0.128. The summed E-state index contributed by atoms with van der Waals surface area (Å²) in [6.45, 7) is 1.82. The Bertz CT molecular complexity index is 2150. The first-order valence-electron chi connectivity index (χ1n) is 14.2. The van der Waals surface area contributed by atoms with E-state index in [0.29, 0.717) is 40.9 Å². The second kappa shape index (κ2) is 10.8. The molecule has 0 saturated carbocycles. The fraction of sp³-hybridized carbons (Fsp3) is 0.114. The number of hydrogen-bond acceptors (Lipinski definition) is 7. The first kappa shape index (κ1) is 27.0. The maximum Gasteiger partial charge on any atom is 0.349 e. The minimum atomic E-state index is -0.656. The van der Waals surface area contributed by atoms with Crippen LogP contribution in [0, 0.1) is 17.0 Å². The van der Waals surface area contributed by atoms with E-state index in [-0.39, 0.29) is 22.9 Å². The van der Waals surface area contributed by atoms with E-state index >= 15 is 0 Å². The molecule has 6 aromatic rings. The highest BCUT2D eigenvalue weighted by Gasteiger charge is 2.30. The van der Waals surface area contributed by atoms with Crippen LogP contribution in [0.1, 0.15) is 34.6 Å². The minimum absolute atomic E-state index is 0.00986. The number of nitro benzene ring substituents is 1. The Morgan fingerprint density at radius 2 is 1.68 bits per heavy atom. The zero-order valence-corrected chi connectivity index (χ0v) is 23.7. The van der Waals surface area contributed by atoms with E-state index in [0.717, 1.165) is 27.9 Å². The van der Waals surface area contributed by atoms with Crippen LogP contribution in [-0.4, -0.2) is 25.5 Å². The molecule has 1 aliphatic rings. The molecular weight excluding hydrogens is 556 g/mol. The molecule has 0 saturated heterocycles. The highest BCUT2D eigenvalue weighted by Crippen LogP contribution is 2.40. The summed E-state index contributed by atoms with van der Waals surface area (Å²) in [7, 11) is 0. The zero-order chi connectivity index (χ0) is 30.4. The molecule has 0 aliphatic carbocycles. The van der Waals surface area contributed by atoms with Crippen LogP contribution in [0.2, 0.25) is 0 Å². The number of para-hydroxylation sites is 3. The minimum Gasteiger partial charge on any atom is -0.506 e. The number of aliphatic imine (C=N–C) groups is 1. The number of benzene rings is 4. The second-order valence-corrected chi connectivity index (χ2v) is 10.9. The third-order valence-electron chi connectivity index (χ3n) is 8.10. The van der Waals surface area contributed by atoms with E-state index in [1.165, 1.54) is 12.1 Å². The first-order valence-corrected chi connectivity index (χ1v) is 14.2. The van der Waals surface area contributed by atoms with Crippen molar-refractivity contribution in [1.29, 1.82) is 0 Å². The average molecular weight is 583 g/mol. The van der Waals surface area contributed by atoms with E-state index in [9.17, 15) is 20.0 Å². The number of nitro groups is 1. The molecule has 7 rings (SSSR count). The van der Waals surface area contributed by atoms with Crippen molar-refractivity contribution >= 4 is 28.1 Å². The molecule has 0 radical (unpaired) electrons. The molecule has 0 spiro atoms. The molecule has 3 heterocycles. The van der Waals surface area contributed by atoms with Crippen LogP contribution < -0.4 is 5.63 Å². The van der Waals surface area contributed by atoms with Crippen LogP contribution in [0.3, 0.4) is 0 Å². The maximum absolute atomic E-state index is 13.5. The maximum atomic E-state index is 13.5. The molecule has 4 aromatic carbocycles. The van der Waals surface area contributed by atoms with Crippen LogP contribution in [0.25, 0.3) is 27.9 Å². The Labute approximate surface area is 251 Å².